The molecule has 0 aliphatic heterocycles. The van der Waals surface area contributed by atoms with E-state index in [9.17, 15) is 9.90 Å². The summed E-state index contributed by atoms with van der Waals surface area (Å²) in [6.45, 7) is 2.16. The van der Waals surface area contributed by atoms with Crippen LogP contribution in [0.4, 0.5) is 0 Å². The van der Waals surface area contributed by atoms with Crippen LogP contribution >= 0.6 is 15.9 Å². The van der Waals surface area contributed by atoms with Crippen LogP contribution in [0, 0.1) is 0 Å². The van der Waals surface area contributed by atoms with Crippen molar-refractivity contribution in [3.63, 3.8) is 0 Å². The van der Waals surface area contributed by atoms with Gasteiger partial charge in [-0.15, -0.1) is 0 Å². The normalized spacial score (nSPS) is 14.0. The highest BCUT2D eigenvalue weighted by Gasteiger charge is 2.18. The molecule has 4 nitrogen and oxygen atoms in total. The second-order valence-electron chi connectivity index (χ2n) is 4.10. The average Bonchev–Trinajstić information content (AvgIpc) is 2.36. The maximum atomic E-state index is 11.5. The molecule has 2 N–H and O–H groups in total. The number of rotatable bonds is 6. The van der Waals surface area contributed by atoms with Crippen molar-refractivity contribution < 1.29 is 14.6 Å². The molecule has 18 heavy (non-hydrogen) atoms. The SMILES string of the molecule is COCCC(=O)N[C@@H](C)[C@H](O)c1ccc(Br)cc1. The van der Waals surface area contributed by atoms with Crippen molar-refractivity contribution >= 4 is 21.8 Å². The maximum absolute atomic E-state index is 11.5. The number of methoxy groups -OCH3 is 1. The van der Waals surface area contributed by atoms with Gasteiger partial charge in [0.2, 0.25) is 5.91 Å². The molecule has 0 bridgehead atoms. The number of ether oxygens (including phenoxy) is 1. The largest absolute Gasteiger partial charge is 0.386 e. The van der Waals surface area contributed by atoms with E-state index in [1.807, 2.05) is 24.3 Å². The number of nitrogens with one attached hydrogen (secondary N) is 1. The fourth-order valence-electron chi connectivity index (χ4n) is 1.55. The van der Waals surface area contributed by atoms with Gasteiger partial charge in [-0.1, -0.05) is 28.1 Å². The van der Waals surface area contributed by atoms with Gasteiger partial charge in [0.1, 0.15) is 0 Å². The molecule has 2 atom stereocenters. The van der Waals surface area contributed by atoms with Crippen LogP contribution in [0.25, 0.3) is 0 Å². The van der Waals surface area contributed by atoms with Crippen molar-refractivity contribution in [2.45, 2.75) is 25.5 Å². The molecule has 1 rings (SSSR count). The number of benzene rings is 1. The molecule has 0 heterocycles. The van der Waals surface area contributed by atoms with Gasteiger partial charge in [0.15, 0.2) is 0 Å². The summed E-state index contributed by atoms with van der Waals surface area (Å²) < 4.78 is 5.78. The molecule has 0 saturated carbocycles. The third kappa shape index (κ3) is 4.76. The maximum Gasteiger partial charge on any atom is 0.222 e. The third-order valence-electron chi connectivity index (χ3n) is 2.61. The molecule has 1 aromatic carbocycles. The standard InChI is InChI=1S/C13H18BrNO3/c1-9(15-12(16)7-8-18-2)13(17)10-3-5-11(14)6-4-10/h3-6,9,13,17H,7-8H2,1-2H3,(H,15,16)/t9-,13-/m0/s1. The van der Waals surface area contributed by atoms with Crippen LogP contribution in [0.3, 0.4) is 0 Å². The topological polar surface area (TPSA) is 58.6 Å². The first kappa shape index (κ1) is 15.1. The Kier molecular flexibility index (Phi) is 6.32. The van der Waals surface area contributed by atoms with Gasteiger partial charge in [-0.2, -0.15) is 0 Å². The molecule has 5 heteroatoms. The molecule has 0 fully saturated rings. The van der Waals surface area contributed by atoms with E-state index in [0.717, 1.165) is 10.0 Å². The lowest BCUT2D eigenvalue weighted by Gasteiger charge is -2.20. The Balaban J connectivity index is 2.53. The molecular formula is C13H18BrNO3. The summed E-state index contributed by atoms with van der Waals surface area (Å²) in [6.07, 6.45) is -0.418. The van der Waals surface area contributed by atoms with Gasteiger partial charge in [0.25, 0.3) is 0 Å². The van der Waals surface area contributed by atoms with Crippen LogP contribution in [0.15, 0.2) is 28.7 Å². The minimum absolute atomic E-state index is 0.125. The van der Waals surface area contributed by atoms with Crippen molar-refractivity contribution in [2.75, 3.05) is 13.7 Å². The summed E-state index contributed by atoms with van der Waals surface area (Å²) >= 11 is 3.34. The van der Waals surface area contributed by atoms with Crippen molar-refractivity contribution in [3.05, 3.63) is 34.3 Å². The van der Waals surface area contributed by atoms with Crippen LogP contribution in [0.5, 0.6) is 0 Å². The van der Waals surface area contributed by atoms with E-state index in [2.05, 4.69) is 21.2 Å². The number of amides is 1. The molecule has 0 aromatic heterocycles. The summed E-state index contributed by atoms with van der Waals surface area (Å²) in [4.78, 5) is 11.5. The Morgan fingerprint density at radius 2 is 2.06 bits per heavy atom. The van der Waals surface area contributed by atoms with Crippen molar-refractivity contribution in [1.82, 2.24) is 5.32 Å². The second-order valence-corrected chi connectivity index (χ2v) is 5.01. The van der Waals surface area contributed by atoms with Crippen LogP contribution in [-0.4, -0.2) is 30.8 Å². The van der Waals surface area contributed by atoms with Crippen LogP contribution in [-0.2, 0) is 9.53 Å². The Hall–Kier alpha value is -0.910. The smallest absolute Gasteiger partial charge is 0.222 e. The fraction of sp³-hybridized carbons (Fsp3) is 0.462. The van der Waals surface area contributed by atoms with E-state index in [4.69, 9.17) is 4.74 Å². The summed E-state index contributed by atoms with van der Waals surface area (Å²) in [5, 5.41) is 12.8. The predicted octanol–water partition coefficient (Wildman–Crippen LogP) is 2.02. The molecule has 0 saturated heterocycles. The first-order valence-electron chi connectivity index (χ1n) is 5.76. The van der Waals surface area contributed by atoms with Gasteiger partial charge < -0.3 is 15.2 Å². The van der Waals surface area contributed by atoms with E-state index >= 15 is 0 Å². The highest BCUT2D eigenvalue weighted by molar-refractivity contribution is 9.10. The number of hydrogen-bond donors (Lipinski definition) is 2. The molecule has 0 aliphatic carbocycles. The molecule has 1 amide bonds. The first-order valence-corrected chi connectivity index (χ1v) is 6.55. The molecular weight excluding hydrogens is 298 g/mol. The zero-order valence-electron chi connectivity index (χ0n) is 10.5. The van der Waals surface area contributed by atoms with Crippen molar-refractivity contribution in [2.24, 2.45) is 0 Å². The Morgan fingerprint density at radius 1 is 1.44 bits per heavy atom. The van der Waals surface area contributed by atoms with Gasteiger partial charge in [-0.3, -0.25) is 4.79 Å². The van der Waals surface area contributed by atoms with E-state index in [-0.39, 0.29) is 11.9 Å². The lowest BCUT2D eigenvalue weighted by Crippen LogP contribution is -2.37. The van der Waals surface area contributed by atoms with Crippen LogP contribution in [0.2, 0.25) is 0 Å². The summed E-state index contributed by atoms with van der Waals surface area (Å²) in [7, 11) is 1.55. The molecule has 0 spiro atoms. The Morgan fingerprint density at radius 3 is 2.61 bits per heavy atom. The van der Waals surface area contributed by atoms with Gasteiger partial charge in [0.05, 0.1) is 18.8 Å². The average molecular weight is 316 g/mol. The number of aliphatic hydroxyl groups is 1. The Bertz CT molecular complexity index is 380. The highest BCUT2D eigenvalue weighted by atomic mass is 79.9. The minimum atomic E-state index is -0.718. The van der Waals surface area contributed by atoms with E-state index < -0.39 is 6.10 Å². The number of aliphatic hydroxyl groups excluding tert-OH is 1. The second kappa shape index (κ2) is 7.51. The molecule has 1 aromatic rings. The third-order valence-corrected chi connectivity index (χ3v) is 3.14. The van der Waals surface area contributed by atoms with Crippen LogP contribution in [0.1, 0.15) is 25.0 Å². The van der Waals surface area contributed by atoms with Gasteiger partial charge >= 0.3 is 0 Å². The first-order chi connectivity index (χ1) is 8.54. The minimum Gasteiger partial charge on any atom is -0.386 e. The number of carbonyl (C=O) groups excluding carboxylic acids is 1. The molecule has 100 valence electrons. The van der Waals surface area contributed by atoms with Gasteiger partial charge in [-0.05, 0) is 24.6 Å². The van der Waals surface area contributed by atoms with Crippen LogP contribution < -0.4 is 5.32 Å². The van der Waals surface area contributed by atoms with E-state index in [1.54, 1.807) is 14.0 Å². The quantitative estimate of drug-likeness (QED) is 0.844. The zero-order chi connectivity index (χ0) is 13.5. The summed E-state index contributed by atoms with van der Waals surface area (Å²) in [6, 6.07) is 7.03. The van der Waals surface area contributed by atoms with E-state index in [0.29, 0.717) is 13.0 Å². The summed E-state index contributed by atoms with van der Waals surface area (Å²) in [5.41, 5.74) is 0.776. The van der Waals surface area contributed by atoms with Gasteiger partial charge in [0, 0.05) is 18.0 Å². The number of carbonyl (C=O) groups is 1. The van der Waals surface area contributed by atoms with Crippen molar-refractivity contribution in [3.8, 4) is 0 Å². The highest BCUT2D eigenvalue weighted by Crippen LogP contribution is 2.19. The fourth-order valence-corrected chi connectivity index (χ4v) is 1.81. The van der Waals surface area contributed by atoms with E-state index in [1.165, 1.54) is 0 Å². The summed E-state index contributed by atoms with van der Waals surface area (Å²) in [5.74, 6) is -0.125. The zero-order valence-corrected chi connectivity index (χ0v) is 12.1. The van der Waals surface area contributed by atoms with Gasteiger partial charge in [-0.25, -0.2) is 0 Å². The lowest BCUT2D eigenvalue weighted by atomic mass is 10.0. The predicted molar refractivity (Wildman–Crippen MR) is 73.2 cm³/mol. The molecule has 0 radical (unpaired) electrons. The lowest BCUT2D eigenvalue weighted by molar-refractivity contribution is -0.123. The number of hydrogen-bond acceptors (Lipinski definition) is 3. The monoisotopic (exact) mass is 315 g/mol. The molecule has 0 aliphatic rings. The Labute approximate surface area is 115 Å². The molecule has 0 unspecified atom stereocenters. The van der Waals surface area contributed by atoms with Crippen molar-refractivity contribution in [1.29, 1.82) is 0 Å². The number of halogens is 1.